The number of hydrogen-bond donors (Lipinski definition) is 1. The van der Waals surface area contributed by atoms with Crippen LogP contribution in [0.2, 0.25) is 0 Å². The Hall–Kier alpha value is -3.47. The molecule has 0 radical (unpaired) electrons. The second-order valence-electron chi connectivity index (χ2n) is 9.38. The normalized spacial score (nSPS) is 14.8. The Labute approximate surface area is 220 Å². The van der Waals surface area contributed by atoms with Crippen LogP contribution in [0.5, 0.6) is 11.5 Å². The van der Waals surface area contributed by atoms with E-state index in [1.165, 1.54) is 24.3 Å². The van der Waals surface area contributed by atoms with E-state index in [0.29, 0.717) is 22.6 Å². The molecule has 0 amide bonds. The van der Waals surface area contributed by atoms with Gasteiger partial charge in [0, 0.05) is 24.8 Å². The number of aliphatic hydroxyl groups excluding tert-OH is 1. The molecule has 3 aromatic rings. The summed E-state index contributed by atoms with van der Waals surface area (Å²) >= 11 is 0. The first-order valence-electron chi connectivity index (χ1n) is 12.2. The van der Waals surface area contributed by atoms with Crippen molar-refractivity contribution in [3.05, 3.63) is 89.5 Å². The highest BCUT2D eigenvalue weighted by Crippen LogP contribution is 2.35. The van der Waals surface area contributed by atoms with Crippen LogP contribution in [-0.4, -0.2) is 30.3 Å². The molecule has 4 nitrogen and oxygen atoms in total. The summed E-state index contributed by atoms with van der Waals surface area (Å²) in [6, 6.07) is 16.9. The Balaban J connectivity index is 1.51. The standard InChI is InChI=1S/C28H26F7NO3/c29-26(30)28(34,35)39-24-9-2-4-18(13-24)15-36(16-25(37)20-10-11-20)22-7-3-8-23(14-22)38-17-19-5-1-6-21(12-19)27(31,32)33/h1-9,12-14,20,25-26,37H,10-11,15-17H2. The summed E-state index contributed by atoms with van der Waals surface area (Å²) in [4.78, 5) is 1.78. The Morgan fingerprint density at radius 1 is 0.846 bits per heavy atom. The third kappa shape index (κ3) is 8.01. The summed E-state index contributed by atoms with van der Waals surface area (Å²) in [5, 5.41) is 10.6. The van der Waals surface area contributed by atoms with Gasteiger partial charge in [0.2, 0.25) is 0 Å². The van der Waals surface area contributed by atoms with E-state index in [9.17, 15) is 35.8 Å². The largest absolute Gasteiger partial charge is 0.489 e. The third-order valence-corrected chi connectivity index (χ3v) is 6.20. The van der Waals surface area contributed by atoms with Gasteiger partial charge in [0.15, 0.2) is 0 Å². The molecular formula is C28H26F7NO3. The molecule has 0 aliphatic heterocycles. The quantitative estimate of drug-likeness (QED) is 0.238. The van der Waals surface area contributed by atoms with Gasteiger partial charge in [0.25, 0.3) is 0 Å². The lowest BCUT2D eigenvalue weighted by Crippen LogP contribution is -2.34. The predicted molar refractivity (Wildman–Crippen MR) is 130 cm³/mol. The molecule has 210 valence electrons. The molecule has 0 spiro atoms. The minimum atomic E-state index is -4.65. The van der Waals surface area contributed by atoms with Crippen molar-refractivity contribution < 1.29 is 45.3 Å². The molecule has 1 aliphatic rings. The molecule has 1 fully saturated rings. The van der Waals surface area contributed by atoms with E-state index in [0.717, 1.165) is 31.0 Å². The number of halogens is 7. The van der Waals surface area contributed by atoms with Gasteiger partial charge in [-0.1, -0.05) is 30.3 Å². The van der Waals surface area contributed by atoms with E-state index in [2.05, 4.69) is 4.74 Å². The lowest BCUT2D eigenvalue weighted by atomic mass is 10.1. The number of aliphatic hydroxyl groups is 1. The molecule has 4 rings (SSSR count). The van der Waals surface area contributed by atoms with Crippen molar-refractivity contribution in [3.63, 3.8) is 0 Å². The molecule has 0 heterocycles. The number of nitrogens with zero attached hydrogens (tertiary/aromatic N) is 1. The lowest BCUT2D eigenvalue weighted by molar-refractivity contribution is -0.253. The first-order chi connectivity index (χ1) is 18.4. The van der Waals surface area contributed by atoms with Gasteiger partial charge in [0.05, 0.1) is 11.7 Å². The van der Waals surface area contributed by atoms with Crippen LogP contribution in [0.1, 0.15) is 29.5 Å². The highest BCUT2D eigenvalue weighted by atomic mass is 19.4. The number of anilines is 1. The van der Waals surface area contributed by atoms with Gasteiger partial charge < -0.3 is 19.5 Å². The molecule has 39 heavy (non-hydrogen) atoms. The van der Waals surface area contributed by atoms with Gasteiger partial charge in [0.1, 0.15) is 18.1 Å². The minimum Gasteiger partial charge on any atom is -0.489 e. The predicted octanol–water partition coefficient (Wildman–Crippen LogP) is 7.30. The second kappa shape index (κ2) is 11.7. The van der Waals surface area contributed by atoms with E-state index in [4.69, 9.17) is 4.74 Å². The monoisotopic (exact) mass is 557 g/mol. The molecule has 1 aliphatic carbocycles. The van der Waals surface area contributed by atoms with Gasteiger partial charge in [-0.05, 0) is 66.3 Å². The summed E-state index contributed by atoms with van der Waals surface area (Å²) in [5.41, 5.74) is 0.611. The summed E-state index contributed by atoms with van der Waals surface area (Å²) in [5.74, 6) is 0.0652. The fourth-order valence-electron chi connectivity index (χ4n) is 4.02. The Morgan fingerprint density at radius 2 is 1.51 bits per heavy atom. The molecule has 0 saturated heterocycles. The molecular weight excluding hydrogens is 531 g/mol. The molecule has 3 aromatic carbocycles. The van der Waals surface area contributed by atoms with E-state index >= 15 is 0 Å². The van der Waals surface area contributed by atoms with E-state index in [1.807, 2.05) is 0 Å². The van der Waals surface area contributed by atoms with E-state index in [1.54, 1.807) is 35.2 Å². The van der Waals surface area contributed by atoms with Gasteiger partial charge >= 0.3 is 18.7 Å². The smallest absolute Gasteiger partial charge is 0.461 e. The average Bonchev–Trinajstić information content (AvgIpc) is 3.73. The number of hydrogen-bond acceptors (Lipinski definition) is 4. The van der Waals surface area contributed by atoms with Crippen molar-refractivity contribution in [2.75, 3.05) is 11.4 Å². The van der Waals surface area contributed by atoms with E-state index < -0.39 is 36.1 Å². The fraction of sp³-hybridized carbons (Fsp3) is 0.357. The molecule has 1 unspecified atom stereocenters. The van der Waals surface area contributed by atoms with Crippen LogP contribution in [0.25, 0.3) is 0 Å². The summed E-state index contributed by atoms with van der Waals surface area (Å²) in [7, 11) is 0. The zero-order valence-corrected chi connectivity index (χ0v) is 20.6. The maximum atomic E-state index is 13.4. The first kappa shape index (κ1) is 28.5. The van der Waals surface area contributed by atoms with Gasteiger partial charge in [-0.3, -0.25) is 0 Å². The van der Waals surface area contributed by atoms with Gasteiger partial charge in [-0.15, -0.1) is 0 Å². The Bertz CT molecular complexity index is 1250. The molecule has 1 atom stereocenters. The zero-order valence-electron chi connectivity index (χ0n) is 20.6. The van der Waals surface area contributed by atoms with Crippen molar-refractivity contribution in [1.82, 2.24) is 0 Å². The van der Waals surface area contributed by atoms with Gasteiger partial charge in [-0.25, -0.2) is 0 Å². The number of ether oxygens (including phenoxy) is 2. The SMILES string of the molecule is OC(CN(Cc1cccc(OC(F)(F)C(F)F)c1)c1cccc(OCc2cccc(C(F)(F)F)c2)c1)C1CC1. The highest BCUT2D eigenvalue weighted by molar-refractivity contribution is 5.52. The molecule has 0 aromatic heterocycles. The van der Waals surface area contributed by atoms with Crippen LogP contribution in [0, 0.1) is 5.92 Å². The molecule has 11 heteroatoms. The third-order valence-electron chi connectivity index (χ3n) is 6.20. The van der Waals surface area contributed by atoms with Crippen molar-refractivity contribution in [2.45, 2.75) is 50.8 Å². The topological polar surface area (TPSA) is 41.9 Å². The Kier molecular flexibility index (Phi) is 8.58. The maximum absolute atomic E-state index is 13.4. The maximum Gasteiger partial charge on any atom is 0.461 e. The molecule has 1 saturated carbocycles. The summed E-state index contributed by atoms with van der Waals surface area (Å²) in [6.45, 7) is 0.203. The Morgan fingerprint density at radius 3 is 2.21 bits per heavy atom. The zero-order chi connectivity index (χ0) is 28.2. The number of alkyl halides is 7. The van der Waals surface area contributed by atoms with Gasteiger partial charge in [-0.2, -0.15) is 30.7 Å². The highest BCUT2D eigenvalue weighted by Gasteiger charge is 2.44. The molecule has 1 N–H and O–H groups in total. The first-order valence-corrected chi connectivity index (χ1v) is 12.2. The van der Waals surface area contributed by atoms with Crippen molar-refractivity contribution in [1.29, 1.82) is 0 Å². The molecule has 0 bridgehead atoms. The average molecular weight is 558 g/mol. The van der Waals surface area contributed by atoms with Crippen LogP contribution in [0.4, 0.5) is 36.4 Å². The van der Waals surface area contributed by atoms with Crippen LogP contribution < -0.4 is 14.4 Å². The summed E-state index contributed by atoms with van der Waals surface area (Å²) in [6.07, 6.45) is -12.0. The van der Waals surface area contributed by atoms with Crippen molar-refractivity contribution in [2.24, 2.45) is 5.92 Å². The lowest BCUT2D eigenvalue weighted by Gasteiger charge is -2.28. The fourth-order valence-corrected chi connectivity index (χ4v) is 4.02. The summed E-state index contributed by atoms with van der Waals surface area (Å²) < 4.78 is 101. The van der Waals surface area contributed by atoms with Crippen molar-refractivity contribution >= 4 is 5.69 Å². The van der Waals surface area contributed by atoms with Crippen LogP contribution in [-0.2, 0) is 19.3 Å². The number of benzene rings is 3. The van der Waals surface area contributed by atoms with Crippen LogP contribution >= 0.6 is 0 Å². The van der Waals surface area contributed by atoms with Crippen LogP contribution in [0.15, 0.2) is 72.8 Å². The number of rotatable bonds is 12. The second-order valence-corrected chi connectivity index (χ2v) is 9.38. The van der Waals surface area contributed by atoms with Crippen LogP contribution in [0.3, 0.4) is 0 Å². The van der Waals surface area contributed by atoms with Crippen molar-refractivity contribution in [3.8, 4) is 11.5 Å². The minimum absolute atomic E-state index is 0.115. The van der Waals surface area contributed by atoms with E-state index in [-0.39, 0.29) is 25.6 Å².